The van der Waals surface area contributed by atoms with Crippen LogP contribution in [0, 0.1) is 0 Å². The molecule has 3 N–H and O–H groups in total. The number of carbonyl (C=O) groups excluding carboxylic acids is 3. The smallest absolute Gasteiger partial charge is 0.306 e. The zero-order chi connectivity index (χ0) is 23.3. The largest absolute Gasteiger partial charge is 0.466 e. The molecule has 0 aliphatic heterocycles. The van der Waals surface area contributed by atoms with Crippen LogP contribution in [-0.4, -0.2) is 35.5 Å². The molecule has 0 spiro atoms. The van der Waals surface area contributed by atoms with Crippen LogP contribution < -0.4 is 16.0 Å². The number of anilines is 1. The predicted molar refractivity (Wildman–Crippen MR) is 128 cm³/mol. The minimum Gasteiger partial charge on any atom is -0.466 e. The standard InChI is InChI=1S/C24H29N3O4S/c1-17(2)25-23(30)19-12-6-7-13-20(19)26-24(32)27-21(28)14-15-22(29)31-16-8-11-18-9-4-3-5-10-18/h3-7,9-10,12-13,17H,8,11,14-16H2,1-2H3,(H,25,30)(H2,26,27,28,32). The van der Waals surface area contributed by atoms with Gasteiger partial charge >= 0.3 is 5.97 Å². The number of rotatable bonds is 10. The Hall–Kier alpha value is -3.26. The summed E-state index contributed by atoms with van der Waals surface area (Å²) in [6, 6.07) is 16.8. The molecule has 2 aromatic carbocycles. The highest BCUT2D eigenvalue weighted by molar-refractivity contribution is 7.80. The number of hydrogen-bond acceptors (Lipinski definition) is 5. The Morgan fingerprint density at radius 3 is 2.38 bits per heavy atom. The molecule has 0 radical (unpaired) electrons. The maximum Gasteiger partial charge on any atom is 0.306 e. The molecule has 32 heavy (non-hydrogen) atoms. The topological polar surface area (TPSA) is 96.5 Å². The van der Waals surface area contributed by atoms with Gasteiger partial charge in [0.25, 0.3) is 5.91 Å². The molecule has 0 aromatic heterocycles. The van der Waals surface area contributed by atoms with E-state index in [9.17, 15) is 14.4 Å². The van der Waals surface area contributed by atoms with Gasteiger partial charge in [-0.25, -0.2) is 0 Å². The van der Waals surface area contributed by atoms with E-state index >= 15 is 0 Å². The minimum atomic E-state index is -0.428. The van der Waals surface area contributed by atoms with Gasteiger partial charge in [0.2, 0.25) is 5.91 Å². The second kappa shape index (κ2) is 13.2. The van der Waals surface area contributed by atoms with Gasteiger partial charge in [-0.05, 0) is 56.6 Å². The van der Waals surface area contributed by atoms with Crippen molar-refractivity contribution in [2.45, 2.75) is 45.6 Å². The second-order valence-electron chi connectivity index (χ2n) is 7.49. The highest BCUT2D eigenvalue weighted by Gasteiger charge is 2.14. The molecular formula is C24H29N3O4S. The number of amides is 2. The lowest BCUT2D eigenvalue weighted by molar-refractivity contribution is -0.145. The summed E-state index contributed by atoms with van der Waals surface area (Å²) in [5.74, 6) is -1.08. The van der Waals surface area contributed by atoms with Crippen molar-refractivity contribution in [1.29, 1.82) is 0 Å². The lowest BCUT2D eigenvalue weighted by Crippen LogP contribution is -2.35. The molecule has 0 aliphatic rings. The summed E-state index contributed by atoms with van der Waals surface area (Å²) in [6.45, 7) is 4.05. The van der Waals surface area contributed by atoms with E-state index in [0.29, 0.717) is 17.9 Å². The van der Waals surface area contributed by atoms with Crippen molar-refractivity contribution in [3.8, 4) is 0 Å². The van der Waals surface area contributed by atoms with Gasteiger partial charge in [0.15, 0.2) is 5.11 Å². The van der Waals surface area contributed by atoms with E-state index in [-0.39, 0.29) is 29.9 Å². The lowest BCUT2D eigenvalue weighted by atomic mass is 10.1. The monoisotopic (exact) mass is 455 g/mol. The number of carbonyl (C=O) groups is 3. The highest BCUT2D eigenvalue weighted by Crippen LogP contribution is 2.15. The lowest BCUT2D eigenvalue weighted by Gasteiger charge is -2.14. The molecule has 0 aliphatic carbocycles. The van der Waals surface area contributed by atoms with E-state index in [0.717, 1.165) is 12.8 Å². The maximum absolute atomic E-state index is 12.3. The van der Waals surface area contributed by atoms with Gasteiger partial charge in [-0.15, -0.1) is 0 Å². The Morgan fingerprint density at radius 1 is 0.969 bits per heavy atom. The fourth-order valence-corrected chi connectivity index (χ4v) is 3.09. The number of para-hydroxylation sites is 1. The molecule has 8 heteroatoms. The Balaban J connectivity index is 1.70. The van der Waals surface area contributed by atoms with E-state index in [1.165, 1.54) is 5.56 Å². The van der Waals surface area contributed by atoms with Crippen LogP contribution in [0.3, 0.4) is 0 Å². The zero-order valence-electron chi connectivity index (χ0n) is 18.4. The van der Waals surface area contributed by atoms with Crippen molar-refractivity contribution in [2.24, 2.45) is 0 Å². The Labute approximate surface area is 193 Å². The average molecular weight is 456 g/mol. The minimum absolute atomic E-state index is 0.0136. The van der Waals surface area contributed by atoms with Gasteiger partial charge in [-0.2, -0.15) is 0 Å². The SMILES string of the molecule is CC(C)NC(=O)c1ccccc1NC(=S)NC(=O)CCC(=O)OCCCc1ccccc1. The molecule has 2 aromatic rings. The van der Waals surface area contributed by atoms with E-state index in [1.807, 2.05) is 44.2 Å². The number of thiocarbonyl (C=S) groups is 1. The first-order valence-corrected chi connectivity index (χ1v) is 11.0. The first-order chi connectivity index (χ1) is 15.3. The Bertz CT molecular complexity index is 932. The van der Waals surface area contributed by atoms with E-state index in [2.05, 4.69) is 16.0 Å². The van der Waals surface area contributed by atoms with Gasteiger partial charge < -0.3 is 20.7 Å². The van der Waals surface area contributed by atoms with Crippen molar-refractivity contribution in [3.05, 3.63) is 65.7 Å². The summed E-state index contributed by atoms with van der Waals surface area (Å²) in [5, 5.41) is 8.25. The molecule has 0 unspecified atom stereocenters. The molecular weight excluding hydrogens is 426 g/mol. The maximum atomic E-state index is 12.3. The third-order valence-electron chi connectivity index (χ3n) is 4.36. The Morgan fingerprint density at radius 2 is 1.66 bits per heavy atom. The van der Waals surface area contributed by atoms with Crippen LogP contribution in [-0.2, 0) is 20.7 Å². The van der Waals surface area contributed by atoms with Crippen LogP contribution in [0.5, 0.6) is 0 Å². The number of aryl methyl sites for hydroxylation is 1. The van der Waals surface area contributed by atoms with Gasteiger partial charge in [-0.3, -0.25) is 14.4 Å². The first kappa shape index (κ1) is 25.0. The number of nitrogens with one attached hydrogen (secondary N) is 3. The van der Waals surface area contributed by atoms with Crippen LogP contribution in [0.4, 0.5) is 5.69 Å². The predicted octanol–water partition coefficient (Wildman–Crippen LogP) is 3.59. The number of esters is 1. The fraction of sp³-hybridized carbons (Fsp3) is 0.333. The number of benzene rings is 2. The van der Waals surface area contributed by atoms with Crippen molar-refractivity contribution >= 4 is 40.8 Å². The van der Waals surface area contributed by atoms with Crippen molar-refractivity contribution in [3.63, 3.8) is 0 Å². The van der Waals surface area contributed by atoms with Crippen molar-refractivity contribution < 1.29 is 19.1 Å². The van der Waals surface area contributed by atoms with Crippen LogP contribution in [0.2, 0.25) is 0 Å². The van der Waals surface area contributed by atoms with Crippen LogP contribution in [0.15, 0.2) is 54.6 Å². The molecule has 2 amide bonds. The van der Waals surface area contributed by atoms with Gasteiger partial charge in [0, 0.05) is 12.5 Å². The van der Waals surface area contributed by atoms with Crippen LogP contribution in [0.25, 0.3) is 0 Å². The third kappa shape index (κ3) is 9.26. The van der Waals surface area contributed by atoms with E-state index in [4.69, 9.17) is 17.0 Å². The van der Waals surface area contributed by atoms with Crippen molar-refractivity contribution in [1.82, 2.24) is 10.6 Å². The molecule has 0 heterocycles. The van der Waals surface area contributed by atoms with Gasteiger partial charge in [-0.1, -0.05) is 42.5 Å². The summed E-state index contributed by atoms with van der Waals surface area (Å²) in [4.78, 5) is 36.3. The number of ether oxygens (including phenoxy) is 1. The zero-order valence-corrected chi connectivity index (χ0v) is 19.2. The molecule has 0 fully saturated rings. The van der Waals surface area contributed by atoms with E-state index < -0.39 is 11.9 Å². The van der Waals surface area contributed by atoms with E-state index in [1.54, 1.807) is 24.3 Å². The van der Waals surface area contributed by atoms with Gasteiger partial charge in [0.1, 0.15) is 0 Å². The average Bonchev–Trinajstić information content (AvgIpc) is 2.76. The van der Waals surface area contributed by atoms with Crippen LogP contribution >= 0.6 is 12.2 Å². The highest BCUT2D eigenvalue weighted by atomic mass is 32.1. The van der Waals surface area contributed by atoms with Crippen LogP contribution in [0.1, 0.15) is 49.0 Å². The molecule has 7 nitrogen and oxygen atoms in total. The normalized spacial score (nSPS) is 10.3. The molecule has 0 atom stereocenters. The molecule has 0 saturated heterocycles. The molecule has 2 rings (SSSR count). The summed E-state index contributed by atoms with van der Waals surface area (Å²) in [5.41, 5.74) is 2.08. The number of hydrogen-bond donors (Lipinski definition) is 3. The van der Waals surface area contributed by atoms with Crippen molar-refractivity contribution in [2.75, 3.05) is 11.9 Å². The molecule has 170 valence electrons. The summed E-state index contributed by atoms with van der Waals surface area (Å²) < 4.78 is 5.18. The fourth-order valence-electron chi connectivity index (χ4n) is 2.87. The molecule has 0 bridgehead atoms. The third-order valence-corrected chi connectivity index (χ3v) is 4.57. The molecule has 0 saturated carbocycles. The summed E-state index contributed by atoms with van der Waals surface area (Å²) in [7, 11) is 0. The summed E-state index contributed by atoms with van der Waals surface area (Å²) >= 11 is 5.17. The Kier molecular flexibility index (Phi) is 10.3. The second-order valence-corrected chi connectivity index (χ2v) is 7.89. The quantitative estimate of drug-likeness (QED) is 0.288. The van der Waals surface area contributed by atoms with Gasteiger partial charge in [0.05, 0.1) is 24.3 Å². The summed E-state index contributed by atoms with van der Waals surface area (Å²) in [6.07, 6.45) is 1.47. The first-order valence-electron chi connectivity index (χ1n) is 10.6.